The molecule has 0 spiro atoms. The van der Waals surface area contributed by atoms with Crippen LogP contribution in [0.15, 0.2) is 71.7 Å². The third kappa shape index (κ3) is 7.97. The zero-order chi connectivity index (χ0) is 34.9. The Bertz CT molecular complexity index is 1430. The summed E-state index contributed by atoms with van der Waals surface area (Å²) in [4.78, 5) is 0. The van der Waals surface area contributed by atoms with Crippen molar-refractivity contribution in [2.75, 3.05) is 6.61 Å². The number of rotatable bonds is 11. The normalized spacial score (nSPS) is 41.2. The minimum absolute atomic E-state index is 0.0323. The van der Waals surface area contributed by atoms with Gasteiger partial charge in [-0.1, -0.05) is 83.2 Å². The van der Waals surface area contributed by atoms with Crippen LogP contribution in [0.25, 0.3) is 0 Å². The molecule has 5 fully saturated rings. The van der Waals surface area contributed by atoms with Crippen LogP contribution in [0.2, 0.25) is 0 Å². The van der Waals surface area contributed by atoms with Crippen molar-refractivity contribution in [2.24, 2.45) is 0 Å². The van der Waals surface area contributed by atoms with Gasteiger partial charge in [-0.15, -0.1) is 0 Å². The number of aliphatic hydroxyl groups excluding tert-OH is 1. The molecule has 5 heterocycles. The highest BCUT2D eigenvalue weighted by atomic mass is 79.9. The van der Waals surface area contributed by atoms with Crippen LogP contribution < -0.4 is 0 Å². The fourth-order valence-corrected chi connectivity index (χ4v) is 9.67. The molecule has 0 unspecified atom stereocenters. The molecule has 0 aromatic heterocycles. The number of aliphatic hydroxyl groups is 1. The topological polar surface area (TPSA) is 84.8 Å². The van der Waals surface area contributed by atoms with Crippen molar-refractivity contribution in [3.8, 4) is 0 Å². The second-order valence-electron chi connectivity index (χ2n) is 15.9. The summed E-state index contributed by atoms with van der Waals surface area (Å²) < 4.78 is 48.2. The second kappa shape index (κ2) is 15.4. The van der Waals surface area contributed by atoms with Crippen molar-refractivity contribution in [1.29, 1.82) is 0 Å². The highest BCUT2D eigenvalue weighted by Crippen LogP contribution is 2.52. The van der Waals surface area contributed by atoms with E-state index in [1.165, 1.54) is 5.56 Å². The van der Waals surface area contributed by atoms with Gasteiger partial charge in [0, 0.05) is 38.7 Å². The molecule has 0 amide bonds. The maximum Gasteiger partial charge on any atom is 0.119 e. The molecule has 12 atom stereocenters. The number of hydrogen-bond donors (Lipinski definition) is 1. The largest absolute Gasteiger partial charge is 0.390 e. The molecule has 50 heavy (non-hydrogen) atoms. The first-order chi connectivity index (χ1) is 24.0. The summed E-state index contributed by atoms with van der Waals surface area (Å²) in [6.45, 7) is 12.2. The summed E-state index contributed by atoms with van der Waals surface area (Å²) in [6, 6.07) is 20.7. The van der Waals surface area contributed by atoms with Crippen LogP contribution in [0.4, 0.5) is 0 Å². The van der Waals surface area contributed by atoms with E-state index in [4.69, 9.17) is 33.2 Å². The zero-order valence-corrected chi connectivity index (χ0v) is 31.4. The van der Waals surface area contributed by atoms with Gasteiger partial charge in [0.25, 0.3) is 0 Å². The summed E-state index contributed by atoms with van der Waals surface area (Å²) in [7, 11) is 0. The summed E-state index contributed by atoms with van der Waals surface area (Å²) in [5.74, 6) is 0. The van der Waals surface area contributed by atoms with Gasteiger partial charge in [0.1, 0.15) is 5.60 Å². The van der Waals surface area contributed by atoms with E-state index >= 15 is 0 Å². The predicted octanol–water partition coefficient (Wildman–Crippen LogP) is 7.58. The smallest absolute Gasteiger partial charge is 0.119 e. The molecule has 7 rings (SSSR count). The Balaban J connectivity index is 1.04. The lowest BCUT2D eigenvalue weighted by atomic mass is 9.72. The monoisotopic (exact) mass is 754 g/mol. The van der Waals surface area contributed by atoms with Crippen LogP contribution in [-0.2, 0) is 46.4 Å². The third-order valence-electron chi connectivity index (χ3n) is 11.9. The molecular formula is C41H55BrO8. The lowest BCUT2D eigenvalue weighted by molar-refractivity contribution is -0.371. The summed E-state index contributed by atoms with van der Waals surface area (Å²) in [6.07, 6.45) is 5.02. The number of benzene rings is 2. The van der Waals surface area contributed by atoms with E-state index in [1.54, 1.807) is 0 Å². The van der Waals surface area contributed by atoms with E-state index in [9.17, 15) is 5.11 Å². The first kappa shape index (κ1) is 36.7. The first-order valence-corrected chi connectivity index (χ1v) is 19.5. The molecule has 2 aromatic rings. The molecule has 5 saturated heterocycles. The van der Waals surface area contributed by atoms with Crippen LogP contribution in [0, 0.1) is 0 Å². The summed E-state index contributed by atoms with van der Waals surface area (Å²) in [5.41, 5.74) is 0.378. The van der Waals surface area contributed by atoms with Crippen molar-refractivity contribution in [3.63, 3.8) is 0 Å². The van der Waals surface area contributed by atoms with Crippen LogP contribution in [0.3, 0.4) is 0 Å². The van der Waals surface area contributed by atoms with Crippen molar-refractivity contribution in [3.05, 3.63) is 82.9 Å². The van der Waals surface area contributed by atoms with Gasteiger partial charge in [-0.3, -0.25) is 0 Å². The lowest BCUT2D eigenvalue weighted by Gasteiger charge is -2.61. The molecular weight excluding hydrogens is 700 g/mol. The maximum absolute atomic E-state index is 11.1. The molecule has 1 N–H and O–H groups in total. The summed E-state index contributed by atoms with van der Waals surface area (Å²) >= 11 is 3.49. The number of hydrogen-bond acceptors (Lipinski definition) is 8. The van der Waals surface area contributed by atoms with E-state index in [2.05, 4.69) is 72.8 Å². The lowest BCUT2D eigenvalue weighted by Crippen LogP contribution is -2.72. The Hall–Kier alpha value is -1.66. The second-order valence-corrected chi connectivity index (χ2v) is 17.0. The van der Waals surface area contributed by atoms with Gasteiger partial charge in [0.15, 0.2) is 0 Å². The van der Waals surface area contributed by atoms with E-state index in [0.717, 1.165) is 55.0 Å². The van der Waals surface area contributed by atoms with Crippen molar-refractivity contribution < 1.29 is 38.3 Å². The maximum atomic E-state index is 11.1. The molecule has 9 heteroatoms. The van der Waals surface area contributed by atoms with E-state index in [-0.39, 0.29) is 48.8 Å². The Kier molecular flexibility index (Phi) is 11.3. The van der Waals surface area contributed by atoms with Crippen molar-refractivity contribution in [1.82, 2.24) is 0 Å². The minimum atomic E-state index is -0.735. The minimum Gasteiger partial charge on any atom is -0.390 e. The van der Waals surface area contributed by atoms with Gasteiger partial charge in [0.05, 0.1) is 79.4 Å². The van der Waals surface area contributed by atoms with E-state index in [0.29, 0.717) is 32.7 Å². The fourth-order valence-electron chi connectivity index (χ4n) is 9.11. The predicted molar refractivity (Wildman–Crippen MR) is 194 cm³/mol. The standard InChI is InChI=1S/C41H55BrO8/c1-27(42)23-39(2)35(43)18-17-31-33(49-39)21-32-34(47-31)24-40(3)36(48-32)22-38-41(4,50-40)37(45-26-29-14-9-6-10-15-29)20-30(46-38)16-11-19-44-25-28-12-7-5-8-13-28/h5-10,12-15,30-38,43H,1,11,16-26H2,2-4H3/t30-,31+,32+,33-,34-,35-,36-,37-,38+,39+,40+,41-/m0/s1. The van der Waals surface area contributed by atoms with Crippen LogP contribution in [-0.4, -0.2) is 83.5 Å². The Morgan fingerprint density at radius 1 is 0.840 bits per heavy atom. The highest BCUT2D eigenvalue weighted by Gasteiger charge is 2.63. The number of ether oxygens (including phenoxy) is 7. The van der Waals surface area contributed by atoms with Gasteiger partial charge in [-0.25, -0.2) is 0 Å². The van der Waals surface area contributed by atoms with Gasteiger partial charge in [-0.2, -0.15) is 0 Å². The highest BCUT2D eigenvalue weighted by molar-refractivity contribution is 9.11. The zero-order valence-electron chi connectivity index (χ0n) is 29.8. The van der Waals surface area contributed by atoms with Gasteiger partial charge in [-0.05, 0) is 62.1 Å². The Morgan fingerprint density at radius 2 is 1.56 bits per heavy atom. The van der Waals surface area contributed by atoms with E-state index in [1.807, 2.05) is 31.2 Å². The molecule has 274 valence electrons. The average Bonchev–Trinajstić information content (AvgIpc) is 3.19. The first-order valence-electron chi connectivity index (χ1n) is 18.7. The Morgan fingerprint density at radius 3 is 2.28 bits per heavy atom. The quantitative estimate of drug-likeness (QED) is 0.235. The number of fused-ring (bicyclic) bond motifs is 4. The van der Waals surface area contributed by atoms with Crippen LogP contribution in [0.1, 0.15) is 89.7 Å². The van der Waals surface area contributed by atoms with Crippen LogP contribution >= 0.6 is 15.9 Å². The Labute approximate surface area is 306 Å². The molecule has 0 aliphatic carbocycles. The van der Waals surface area contributed by atoms with Gasteiger partial charge >= 0.3 is 0 Å². The molecule has 0 radical (unpaired) electrons. The van der Waals surface area contributed by atoms with Gasteiger partial charge < -0.3 is 38.3 Å². The third-order valence-corrected chi connectivity index (χ3v) is 12.2. The van der Waals surface area contributed by atoms with E-state index < -0.39 is 22.9 Å². The molecule has 0 bridgehead atoms. The average molecular weight is 756 g/mol. The van der Waals surface area contributed by atoms with Gasteiger partial charge in [0.2, 0.25) is 0 Å². The number of halogens is 1. The SMILES string of the molecule is C=C(Br)C[C@@]1(C)O[C@H]2C[C@H]3O[C@H]4C[C@H]5O[C@@H](CCCOCc6ccccc6)C[C@H](OCc6ccccc6)[C@]5(C)O[C@]4(C)C[C@@H]3O[C@@H]2CC[C@@H]1O. The molecule has 8 nitrogen and oxygen atoms in total. The molecule has 5 aliphatic heterocycles. The van der Waals surface area contributed by atoms with Crippen molar-refractivity contribution in [2.45, 2.75) is 164 Å². The summed E-state index contributed by atoms with van der Waals surface area (Å²) in [5, 5.41) is 11.1. The molecule has 5 aliphatic rings. The molecule has 2 aromatic carbocycles. The fraction of sp³-hybridized carbons (Fsp3) is 0.659. The molecule has 0 saturated carbocycles. The van der Waals surface area contributed by atoms with Crippen LogP contribution in [0.5, 0.6) is 0 Å². The van der Waals surface area contributed by atoms with Crippen molar-refractivity contribution >= 4 is 15.9 Å².